The van der Waals surface area contributed by atoms with Gasteiger partial charge in [0, 0.05) is 24.2 Å². The van der Waals surface area contributed by atoms with Crippen LogP contribution in [-0.4, -0.2) is 13.1 Å². The molecule has 0 aliphatic carbocycles. The molecule has 0 atom stereocenters. The van der Waals surface area contributed by atoms with Gasteiger partial charge in [0.05, 0.1) is 0 Å². The maximum absolute atomic E-state index is 2.38. The predicted octanol–water partition coefficient (Wildman–Crippen LogP) is 5.89. The van der Waals surface area contributed by atoms with Crippen LogP contribution in [0.3, 0.4) is 0 Å². The Morgan fingerprint density at radius 2 is 1.00 bits per heavy atom. The molecule has 1 heteroatoms. The lowest BCUT2D eigenvalue weighted by molar-refractivity contribution is 0.692. The Morgan fingerprint density at radius 1 is 0.600 bits per heavy atom. The molecule has 0 aliphatic heterocycles. The second-order valence-electron chi connectivity index (χ2n) is 6.58. The summed E-state index contributed by atoms with van der Waals surface area (Å²) in [4.78, 5) is 2.38. The second kappa shape index (κ2) is 7.57. The van der Waals surface area contributed by atoms with E-state index in [1.165, 1.54) is 22.4 Å². The average Bonchev–Trinajstić information content (AvgIpc) is 2.70. The average molecular weight is 329 g/mol. The fourth-order valence-corrected chi connectivity index (χ4v) is 3.64. The van der Waals surface area contributed by atoms with Crippen molar-refractivity contribution in [3.05, 3.63) is 102 Å². The summed E-state index contributed by atoms with van der Waals surface area (Å²) in [5, 5.41) is 0. The molecule has 0 saturated carbocycles. The molecule has 0 spiro atoms. The first kappa shape index (κ1) is 17.3. The van der Waals surface area contributed by atoms with Crippen molar-refractivity contribution in [1.82, 2.24) is 0 Å². The largest absolute Gasteiger partial charge is 0.372 e. The van der Waals surface area contributed by atoms with Crippen LogP contribution in [0, 0.1) is 0 Å². The van der Waals surface area contributed by atoms with Gasteiger partial charge in [-0.25, -0.2) is 0 Å². The Bertz CT molecular complexity index is 732. The van der Waals surface area contributed by atoms with Gasteiger partial charge in [0.2, 0.25) is 0 Å². The molecule has 0 unspecified atom stereocenters. The molecule has 0 fully saturated rings. The monoisotopic (exact) mass is 329 g/mol. The molecule has 0 bridgehead atoms. The molecule has 3 aromatic carbocycles. The molecule has 0 saturated heterocycles. The smallest absolute Gasteiger partial charge is 0.0423 e. The molecule has 0 amide bonds. The van der Waals surface area contributed by atoms with E-state index in [9.17, 15) is 0 Å². The number of rotatable bonds is 6. The molecular formula is C24H27N. The van der Waals surface area contributed by atoms with Crippen LogP contribution in [0.2, 0.25) is 0 Å². The lowest BCUT2D eigenvalue weighted by Gasteiger charge is -2.32. The van der Waals surface area contributed by atoms with Gasteiger partial charge in [0.1, 0.15) is 0 Å². The minimum absolute atomic E-state index is 0.162. The van der Waals surface area contributed by atoms with E-state index in [1.54, 1.807) is 0 Å². The van der Waals surface area contributed by atoms with Crippen LogP contribution in [0.15, 0.2) is 84.9 Å². The first-order valence-electron chi connectivity index (χ1n) is 9.16. The predicted molar refractivity (Wildman–Crippen MR) is 108 cm³/mol. The SMILES string of the molecule is CCN(CC)c1ccc(C(C)(c2ccccc2)c2ccccc2)cc1. The van der Waals surface area contributed by atoms with Crippen molar-refractivity contribution in [1.29, 1.82) is 0 Å². The van der Waals surface area contributed by atoms with Gasteiger partial charge in [0.25, 0.3) is 0 Å². The molecule has 3 rings (SSSR count). The molecule has 3 aromatic rings. The molecule has 128 valence electrons. The van der Waals surface area contributed by atoms with Gasteiger partial charge in [-0.2, -0.15) is 0 Å². The number of anilines is 1. The second-order valence-corrected chi connectivity index (χ2v) is 6.58. The maximum Gasteiger partial charge on any atom is 0.0423 e. The van der Waals surface area contributed by atoms with Crippen molar-refractivity contribution < 1.29 is 0 Å². The van der Waals surface area contributed by atoms with E-state index in [2.05, 4.69) is 111 Å². The molecular weight excluding hydrogens is 302 g/mol. The van der Waals surface area contributed by atoms with Gasteiger partial charge in [-0.15, -0.1) is 0 Å². The molecule has 0 aliphatic rings. The van der Waals surface area contributed by atoms with Crippen LogP contribution in [0.4, 0.5) is 5.69 Å². The Kier molecular flexibility index (Phi) is 5.23. The zero-order valence-corrected chi connectivity index (χ0v) is 15.4. The maximum atomic E-state index is 2.38. The zero-order chi connectivity index (χ0) is 17.7. The standard InChI is InChI=1S/C24H27N/c1-4-25(5-2)23-18-16-22(17-19-23)24(3,20-12-8-6-9-13-20)21-14-10-7-11-15-21/h6-19H,4-5H2,1-3H3. The Labute approximate surface area is 151 Å². The molecule has 0 heterocycles. The topological polar surface area (TPSA) is 3.24 Å². The summed E-state index contributed by atoms with van der Waals surface area (Å²) in [7, 11) is 0. The van der Waals surface area contributed by atoms with Crippen molar-refractivity contribution in [2.24, 2.45) is 0 Å². The van der Waals surface area contributed by atoms with E-state index < -0.39 is 0 Å². The van der Waals surface area contributed by atoms with E-state index >= 15 is 0 Å². The number of nitrogens with zero attached hydrogens (tertiary/aromatic N) is 1. The fraction of sp³-hybridized carbons (Fsp3) is 0.250. The number of benzene rings is 3. The van der Waals surface area contributed by atoms with Crippen molar-refractivity contribution >= 4 is 5.69 Å². The Balaban J connectivity index is 2.10. The fourth-order valence-electron chi connectivity index (χ4n) is 3.64. The third kappa shape index (κ3) is 3.32. The van der Waals surface area contributed by atoms with Crippen molar-refractivity contribution in [2.75, 3.05) is 18.0 Å². The quantitative estimate of drug-likeness (QED) is 0.510. The summed E-state index contributed by atoms with van der Waals surface area (Å²) < 4.78 is 0. The number of hydrogen-bond acceptors (Lipinski definition) is 1. The van der Waals surface area contributed by atoms with Crippen molar-refractivity contribution in [2.45, 2.75) is 26.2 Å². The highest BCUT2D eigenvalue weighted by molar-refractivity contribution is 5.54. The highest BCUT2D eigenvalue weighted by atomic mass is 15.1. The van der Waals surface area contributed by atoms with E-state index in [4.69, 9.17) is 0 Å². The van der Waals surface area contributed by atoms with Crippen LogP contribution in [-0.2, 0) is 5.41 Å². The minimum Gasteiger partial charge on any atom is -0.372 e. The van der Waals surface area contributed by atoms with Gasteiger partial charge in [-0.3, -0.25) is 0 Å². The van der Waals surface area contributed by atoms with Crippen LogP contribution >= 0.6 is 0 Å². The molecule has 25 heavy (non-hydrogen) atoms. The lowest BCUT2D eigenvalue weighted by Crippen LogP contribution is -2.26. The van der Waals surface area contributed by atoms with E-state index in [1.807, 2.05) is 0 Å². The highest BCUT2D eigenvalue weighted by Crippen LogP contribution is 2.39. The first-order valence-corrected chi connectivity index (χ1v) is 9.16. The van der Waals surface area contributed by atoms with E-state index in [-0.39, 0.29) is 5.41 Å². The third-order valence-electron chi connectivity index (χ3n) is 5.28. The van der Waals surface area contributed by atoms with Gasteiger partial charge < -0.3 is 4.90 Å². The van der Waals surface area contributed by atoms with E-state index in [0.29, 0.717) is 0 Å². The molecule has 0 N–H and O–H groups in total. The Morgan fingerprint density at radius 3 is 1.40 bits per heavy atom. The summed E-state index contributed by atoms with van der Waals surface area (Å²) in [5.41, 5.74) is 5.08. The van der Waals surface area contributed by atoms with Gasteiger partial charge >= 0.3 is 0 Å². The van der Waals surface area contributed by atoms with Crippen LogP contribution in [0.25, 0.3) is 0 Å². The minimum atomic E-state index is -0.162. The molecule has 0 aromatic heterocycles. The van der Waals surface area contributed by atoms with Crippen LogP contribution in [0.1, 0.15) is 37.5 Å². The van der Waals surface area contributed by atoms with Crippen LogP contribution in [0.5, 0.6) is 0 Å². The summed E-state index contributed by atoms with van der Waals surface area (Å²) >= 11 is 0. The first-order chi connectivity index (χ1) is 12.2. The van der Waals surface area contributed by atoms with Gasteiger partial charge in [-0.05, 0) is 49.6 Å². The van der Waals surface area contributed by atoms with Crippen molar-refractivity contribution in [3.8, 4) is 0 Å². The molecule has 1 nitrogen and oxygen atoms in total. The highest BCUT2D eigenvalue weighted by Gasteiger charge is 2.30. The Hall–Kier alpha value is -2.54. The van der Waals surface area contributed by atoms with Crippen LogP contribution < -0.4 is 4.90 Å². The van der Waals surface area contributed by atoms with Gasteiger partial charge in [0.15, 0.2) is 0 Å². The third-order valence-corrected chi connectivity index (χ3v) is 5.28. The van der Waals surface area contributed by atoms with E-state index in [0.717, 1.165) is 13.1 Å². The lowest BCUT2D eigenvalue weighted by atomic mass is 9.71. The summed E-state index contributed by atoms with van der Waals surface area (Å²) in [5.74, 6) is 0. The summed E-state index contributed by atoms with van der Waals surface area (Å²) in [6.45, 7) is 8.80. The molecule has 0 radical (unpaired) electrons. The zero-order valence-electron chi connectivity index (χ0n) is 15.4. The summed E-state index contributed by atoms with van der Waals surface area (Å²) in [6, 6.07) is 30.7. The van der Waals surface area contributed by atoms with Crippen molar-refractivity contribution in [3.63, 3.8) is 0 Å². The normalized spacial score (nSPS) is 11.3. The van der Waals surface area contributed by atoms with Gasteiger partial charge in [-0.1, -0.05) is 72.8 Å². The summed E-state index contributed by atoms with van der Waals surface area (Å²) in [6.07, 6.45) is 0. The number of hydrogen-bond donors (Lipinski definition) is 0.